The molecule has 5 nitrogen and oxygen atoms in total. The van der Waals surface area contributed by atoms with E-state index in [9.17, 15) is 4.79 Å². The van der Waals surface area contributed by atoms with E-state index in [0.29, 0.717) is 32.2 Å². The van der Waals surface area contributed by atoms with Gasteiger partial charge in [-0.2, -0.15) is 0 Å². The van der Waals surface area contributed by atoms with Gasteiger partial charge in [0.05, 0.1) is 13.2 Å². The summed E-state index contributed by atoms with van der Waals surface area (Å²) in [6.07, 6.45) is 2.98. The predicted octanol–water partition coefficient (Wildman–Crippen LogP) is 2.62. The second-order valence-corrected chi connectivity index (χ2v) is 7.43. The minimum absolute atomic E-state index is 0.0315. The zero-order chi connectivity index (χ0) is 18.0. The SMILES string of the molecule is COC(C)(C)C(=O)N1CCOC[C@@H](Cc2ccc3c(ccn3C)c2)C1. The standard InChI is InChI=1S/C20H28N2O3/c1-20(2,24-4)19(23)22-9-10-25-14-16(13-22)11-15-5-6-18-17(12-15)7-8-21(18)3/h5-8,12,16H,9-11,13-14H2,1-4H3/t16-/m0/s1. The van der Waals surface area contributed by atoms with Gasteiger partial charge in [0.15, 0.2) is 0 Å². The number of rotatable bonds is 4. The molecule has 0 unspecified atom stereocenters. The Morgan fingerprint density at radius 1 is 1.36 bits per heavy atom. The van der Waals surface area contributed by atoms with Gasteiger partial charge in [0.1, 0.15) is 5.60 Å². The highest BCUT2D eigenvalue weighted by molar-refractivity contribution is 5.84. The van der Waals surface area contributed by atoms with Crippen molar-refractivity contribution in [3.05, 3.63) is 36.0 Å². The Labute approximate surface area is 149 Å². The first-order valence-electron chi connectivity index (χ1n) is 8.87. The molecule has 1 fully saturated rings. The van der Waals surface area contributed by atoms with Crippen LogP contribution in [0.1, 0.15) is 19.4 Å². The van der Waals surface area contributed by atoms with Crippen LogP contribution in [0.25, 0.3) is 10.9 Å². The van der Waals surface area contributed by atoms with E-state index < -0.39 is 5.60 Å². The predicted molar refractivity (Wildman–Crippen MR) is 98.6 cm³/mol. The van der Waals surface area contributed by atoms with E-state index in [2.05, 4.69) is 42.1 Å². The molecule has 1 aromatic heterocycles. The number of benzene rings is 1. The van der Waals surface area contributed by atoms with Gasteiger partial charge in [0.2, 0.25) is 0 Å². The Hall–Kier alpha value is -1.85. The molecule has 25 heavy (non-hydrogen) atoms. The summed E-state index contributed by atoms with van der Waals surface area (Å²) in [6, 6.07) is 8.72. The fourth-order valence-corrected chi connectivity index (χ4v) is 3.45. The van der Waals surface area contributed by atoms with Gasteiger partial charge in [0.25, 0.3) is 5.91 Å². The maximum atomic E-state index is 12.7. The molecule has 1 saturated heterocycles. The van der Waals surface area contributed by atoms with Crippen molar-refractivity contribution in [1.29, 1.82) is 0 Å². The van der Waals surface area contributed by atoms with E-state index in [1.807, 2.05) is 18.7 Å². The second kappa shape index (κ2) is 7.18. The van der Waals surface area contributed by atoms with Crippen LogP contribution in [0.5, 0.6) is 0 Å². The quantitative estimate of drug-likeness (QED) is 0.856. The Balaban J connectivity index is 1.73. The third-order valence-corrected chi connectivity index (χ3v) is 5.12. The van der Waals surface area contributed by atoms with Crippen molar-refractivity contribution in [3.8, 4) is 0 Å². The Bertz CT molecular complexity index is 750. The average Bonchev–Trinajstić information content (AvgIpc) is 2.81. The molecule has 0 N–H and O–H groups in total. The van der Waals surface area contributed by atoms with Gasteiger partial charge in [-0.15, -0.1) is 0 Å². The van der Waals surface area contributed by atoms with Crippen LogP contribution in [0, 0.1) is 5.92 Å². The lowest BCUT2D eigenvalue weighted by Crippen LogP contribution is -2.48. The number of methoxy groups -OCH3 is 1. The molecule has 3 rings (SSSR count). The molecule has 0 saturated carbocycles. The van der Waals surface area contributed by atoms with Gasteiger partial charge in [0, 0.05) is 44.9 Å². The van der Waals surface area contributed by atoms with Crippen molar-refractivity contribution in [2.24, 2.45) is 13.0 Å². The topological polar surface area (TPSA) is 43.7 Å². The zero-order valence-electron chi connectivity index (χ0n) is 15.6. The molecule has 1 aliphatic rings. The summed E-state index contributed by atoms with van der Waals surface area (Å²) in [5.74, 6) is 0.323. The van der Waals surface area contributed by atoms with Crippen molar-refractivity contribution in [3.63, 3.8) is 0 Å². The van der Waals surface area contributed by atoms with Gasteiger partial charge >= 0.3 is 0 Å². The molecule has 5 heteroatoms. The number of hydrogen-bond donors (Lipinski definition) is 0. The van der Waals surface area contributed by atoms with E-state index in [-0.39, 0.29) is 5.91 Å². The lowest BCUT2D eigenvalue weighted by Gasteiger charge is -2.31. The van der Waals surface area contributed by atoms with E-state index in [1.165, 1.54) is 16.5 Å². The third-order valence-electron chi connectivity index (χ3n) is 5.12. The summed E-state index contributed by atoms with van der Waals surface area (Å²) < 4.78 is 13.2. The summed E-state index contributed by atoms with van der Waals surface area (Å²) in [6.45, 7) is 6.24. The minimum atomic E-state index is -0.794. The van der Waals surface area contributed by atoms with Crippen LogP contribution in [0.15, 0.2) is 30.5 Å². The maximum absolute atomic E-state index is 12.7. The van der Waals surface area contributed by atoms with Crippen molar-refractivity contribution < 1.29 is 14.3 Å². The van der Waals surface area contributed by atoms with Crippen LogP contribution in [-0.2, 0) is 27.7 Å². The number of amides is 1. The Kier molecular flexibility index (Phi) is 5.16. The summed E-state index contributed by atoms with van der Waals surface area (Å²) in [5.41, 5.74) is 1.73. The Morgan fingerprint density at radius 3 is 2.92 bits per heavy atom. The van der Waals surface area contributed by atoms with E-state index in [0.717, 1.165) is 6.42 Å². The third kappa shape index (κ3) is 3.88. The average molecular weight is 344 g/mol. The van der Waals surface area contributed by atoms with E-state index in [4.69, 9.17) is 9.47 Å². The lowest BCUT2D eigenvalue weighted by atomic mass is 9.98. The number of nitrogens with zero attached hydrogens (tertiary/aromatic N) is 2. The van der Waals surface area contributed by atoms with Gasteiger partial charge in [-0.3, -0.25) is 4.79 Å². The van der Waals surface area contributed by atoms with E-state index in [1.54, 1.807) is 7.11 Å². The molecule has 2 aromatic rings. The van der Waals surface area contributed by atoms with Crippen LogP contribution < -0.4 is 0 Å². The largest absolute Gasteiger partial charge is 0.379 e. The smallest absolute Gasteiger partial charge is 0.254 e. The number of fused-ring (bicyclic) bond motifs is 1. The number of carbonyl (C=O) groups is 1. The van der Waals surface area contributed by atoms with Crippen molar-refractivity contribution in [2.75, 3.05) is 33.4 Å². The molecule has 0 aliphatic carbocycles. The van der Waals surface area contributed by atoms with E-state index >= 15 is 0 Å². The highest BCUT2D eigenvalue weighted by Crippen LogP contribution is 2.22. The number of aromatic nitrogens is 1. The molecule has 1 aromatic carbocycles. The summed E-state index contributed by atoms with van der Waals surface area (Å²) in [7, 11) is 3.64. The van der Waals surface area contributed by atoms with Gasteiger partial charge in [-0.05, 0) is 49.4 Å². The molecule has 1 atom stereocenters. The lowest BCUT2D eigenvalue weighted by molar-refractivity contribution is -0.151. The fourth-order valence-electron chi connectivity index (χ4n) is 3.45. The Morgan fingerprint density at radius 2 is 2.16 bits per heavy atom. The number of ether oxygens (including phenoxy) is 2. The summed E-state index contributed by atoms with van der Waals surface area (Å²) >= 11 is 0. The van der Waals surface area contributed by atoms with Gasteiger partial charge in [-0.25, -0.2) is 0 Å². The van der Waals surface area contributed by atoms with Crippen molar-refractivity contribution in [1.82, 2.24) is 9.47 Å². The molecule has 0 radical (unpaired) electrons. The first-order valence-corrected chi connectivity index (χ1v) is 8.87. The first-order chi connectivity index (χ1) is 11.9. The van der Waals surface area contributed by atoms with Crippen LogP contribution >= 0.6 is 0 Å². The number of hydrogen-bond acceptors (Lipinski definition) is 3. The molecular weight excluding hydrogens is 316 g/mol. The fraction of sp³-hybridized carbons (Fsp3) is 0.550. The highest BCUT2D eigenvalue weighted by atomic mass is 16.5. The monoisotopic (exact) mass is 344 g/mol. The molecule has 1 aliphatic heterocycles. The molecular formula is C20H28N2O3. The molecule has 2 heterocycles. The molecule has 0 spiro atoms. The molecule has 0 bridgehead atoms. The number of carbonyl (C=O) groups excluding carboxylic acids is 1. The van der Waals surface area contributed by atoms with Crippen molar-refractivity contribution >= 4 is 16.8 Å². The molecule has 1 amide bonds. The summed E-state index contributed by atoms with van der Waals surface area (Å²) in [4.78, 5) is 14.6. The van der Waals surface area contributed by atoms with Crippen LogP contribution in [0.2, 0.25) is 0 Å². The first kappa shape index (κ1) is 18.0. The maximum Gasteiger partial charge on any atom is 0.254 e. The summed E-state index contributed by atoms with van der Waals surface area (Å²) in [5, 5.41) is 1.25. The second-order valence-electron chi connectivity index (χ2n) is 7.43. The minimum Gasteiger partial charge on any atom is -0.379 e. The van der Waals surface area contributed by atoms with Crippen molar-refractivity contribution in [2.45, 2.75) is 25.9 Å². The molecule has 136 valence electrons. The van der Waals surface area contributed by atoms with Gasteiger partial charge < -0.3 is 18.9 Å². The van der Waals surface area contributed by atoms with Crippen LogP contribution in [0.4, 0.5) is 0 Å². The number of aryl methyl sites for hydroxylation is 1. The zero-order valence-corrected chi connectivity index (χ0v) is 15.6. The van der Waals surface area contributed by atoms with Crippen LogP contribution in [0.3, 0.4) is 0 Å². The highest BCUT2D eigenvalue weighted by Gasteiger charge is 2.33. The van der Waals surface area contributed by atoms with Crippen LogP contribution in [-0.4, -0.2) is 54.4 Å². The van der Waals surface area contributed by atoms with Gasteiger partial charge in [-0.1, -0.05) is 6.07 Å². The normalized spacial score (nSPS) is 19.2.